The third kappa shape index (κ3) is 7.88. The van der Waals surface area contributed by atoms with E-state index in [4.69, 9.17) is 14.2 Å². The van der Waals surface area contributed by atoms with Crippen molar-refractivity contribution in [1.82, 2.24) is 15.6 Å². The minimum absolute atomic E-state index is 0.313. The number of carbonyl (C=O) groups is 1. The molecule has 0 saturated carbocycles. The summed E-state index contributed by atoms with van der Waals surface area (Å²) in [4.78, 5) is 12.4. The van der Waals surface area contributed by atoms with E-state index in [1.807, 2.05) is 30.3 Å². The fourth-order valence-corrected chi connectivity index (χ4v) is 3.54. The first kappa shape index (κ1) is 25.8. The minimum Gasteiger partial charge on any atom is -0.494 e. The van der Waals surface area contributed by atoms with Gasteiger partial charge >= 0.3 is 0 Å². The van der Waals surface area contributed by atoms with Crippen LogP contribution in [0.1, 0.15) is 61.5 Å². The summed E-state index contributed by atoms with van der Waals surface area (Å²) in [6.07, 6.45) is 8.95. The molecular formula is C27H34N4O4. The van der Waals surface area contributed by atoms with Gasteiger partial charge in [0.1, 0.15) is 11.4 Å². The van der Waals surface area contributed by atoms with E-state index >= 15 is 0 Å². The molecule has 1 heterocycles. The zero-order valence-electron chi connectivity index (χ0n) is 20.7. The molecule has 2 N–H and O–H groups in total. The second kappa shape index (κ2) is 13.8. The standard InChI is InChI=1S/C27H34N4O4/c1-4-5-6-7-8-9-16-35-22-13-11-21(12-14-22)23-18-24(30-29-23)27(32)31-28-19-20-10-15-25(33-2)26(17-20)34-3/h10-15,17-19H,4-9,16H2,1-3H3,(H,29,30)(H,31,32)/b28-19+. The minimum atomic E-state index is -0.389. The van der Waals surface area contributed by atoms with Crippen molar-refractivity contribution >= 4 is 12.1 Å². The van der Waals surface area contributed by atoms with E-state index in [0.29, 0.717) is 22.9 Å². The van der Waals surface area contributed by atoms with Crippen LogP contribution < -0.4 is 19.6 Å². The van der Waals surface area contributed by atoms with Crippen molar-refractivity contribution < 1.29 is 19.0 Å². The van der Waals surface area contributed by atoms with E-state index in [9.17, 15) is 4.79 Å². The van der Waals surface area contributed by atoms with Crippen LogP contribution in [0.15, 0.2) is 53.6 Å². The Hall–Kier alpha value is -3.81. The first-order valence-electron chi connectivity index (χ1n) is 12.0. The maximum atomic E-state index is 12.4. The second-order valence-corrected chi connectivity index (χ2v) is 8.12. The van der Waals surface area contributed by atoms with E-state index in [2.05, 4.69) is 27.6 Å². The van der Waals surface area contributed by atoms with Gasteiger partial charge in [-0.25, -0.2) is 5.43 Å². The highest BCUT2D eigenvalue weighted by atomic mass is 16.5. The van der Waals surface area contributed by atoms with Crippen molar-refractivity contribution in [3.63, 3.8) is 0 Å². The maximum absolute atomic E-state index is 12.4. The van der Waals surface area contributed by atoms with Crippen LogP contribution in [-0.2, 0) is 0 Å². The lowest BCUT2D eigenvalue weighted by atomic mass is 10.1. The number of ether oxygens (including phenoxy) is 3. The van der Waals surface area contributed by atoms with Gasteiger partial charge in [0.2, 0.25) is 0 Å². The highest BCUT2D eigenvalue weighted by Gasteiger charge is 2.11. The van der Waals surface area contributed by atoms with Crippen LogP contribution in [0.3, 0.4) is 0 Å². The fourth-order valence-electron chi connectivity index (χ4n) is 3.54. The van der Waals surface area contributed by atoms with Crippen LogP contribution in [0.25, 0.3) is 11.3 Å². The van der Waals surface area contributed by atoms with Crippen LogP contribution in [0.4, 0.5) is 0 Å². The summed E-state index contributed by atoms with van der Waals surface area (Å²) in [5.74, 6) is 1.65. The number of aromatic amines is 1. The van der Waals surface area contributed by atoms with Gasteiger partial charge in [0.25, 0.3) is 5.91 Å². The number of hydrazone groups is 1. The molecule has 0 fully saturated rings. The molecule has 1 amide bonds. The van der Waals surface area contributed by atoms with Gasteiger partial charge in [-0.15, -0.1) is 0 Å². The summed E-state index contributed by atoms with van der Waals surface area (Å²) in [7, 11) is 3.14. The zero-order chi connectivity index (χ0) is 24.9. The second-order valence-electron chi connectivity index (χ2n) is 8.12. The number of hydrogen-bond donors (Lipinski definition) is 2. The van der Waals surface area contributed by atoms with Crippen molar-refractivity contribution in [3.05, 3.63) is 59.8 Å². The average Bonchev–Trinajstić information content (AvgIpc) is 3.39. The smallest absolute Gasteiger partial charge is 0.289 e. The van der Waals surface area contributed by atoms with Crippen LogP contribution in [0.2, 0.25) is 0 Å². The van der Waals surface area contributed by atoms with Crippen LogP contribution >= 0.6 is 0 Å². The number of methoxy groups -OCH3 is 2. The van der Waals surface area contributed by atoms with Crippen molar-refractivity contribution in [3.8, 4) is 28.5 Å². The van der Waals surface area contributed by atoms with Gasteiger partial charge < -0.3 is 14.2 Å². The predicted molar refractivity (Wildman–Crippen MR) is 138 cm³/mol. The van der Waals surface area contributed by atoms with Crippen LogP contribution in [-0.4, -0.2) is 43.1 Å². The molecule has 0 aliphatic carbocycles. The average molecular weight is 479 g/mol. The highest BCUT2D eigenvalue weighted by molar-refractivity contribution is 5.94. The molecule has 3 aromatic rings. The van der Waals surface area contributed by atoms with Crippen LogP contribution in [0, 0.1) is 0 Å². The SMILES string of the molecule is CCCCCCCCOc1ccc(-c2cc(C(=O)N/N=C/c3ccc(OC)c(OC)c3)[nH]n2)cc1. The quantitative estimate of drug-likeness (QED) is 0.179. The molecule has 3 rings (SSSR count). The third-order valence-corrected chi connectivity index (χ3v) is 5.53. The summed E-state index contributed by atoms with van der Waals surface area (Å²) in [6, 6.07) is 14.8. The molecule has 1 aromatic heterocycles. The highest BCUT2D eigenvalue weighted by Crippen LogP contribution is 2.27. The first-order valence-corrected chi connectivity index (χ1v) is 12.0. The topological polar surface area (TPSA) is 97.8 Å². The van der Waals surface area contributed by atoms with Crippen molar-refractivity contribution in [2.24, 2.45) is 5.10 Å². The van der Waals surface area contributed by atoms with Gasteiger partial charge in [-0.2, -0.15) is 10.2 Å². The number of rotatable bonds is 14. The lowest BCUT2D eigenvalue weighted by Gasteiger charge is -2.07. The van der Waals surface area contributed by atoms with Crippen LogP contribution in [0.5, 0.6) is 17.2 Å². The van der Waals surface area contributed by atoms with Gasteiger partial charge in [-0.05, 0) is 60.5 Å². The molecule has 0 spiro atoms. The predicted octanol–water partition coefficient (Wildman–Crippen LogP) is 5.60. The van der Waals surface area contributed by atoms with Gasteiger partial charge in [0, 0.05) is 5.56 Å². The number of hydrogen-bond acceptors (Lipinski definition) is 6. The lowest BCUT2D eigenvalue weighted by Crippen LogP contribution is -2.18. The molecule has 8 nitrogen and oxygen atoms in total. The molecule has 35 heavy (non-hydrogen) atoms. The van der Waals surface area contributed by atoms with E-state index < -0.39 is 0 Å². The fraction of sp³-hybridized carbons (Fsp3) is 0.370. The van der Waals surface area contributed by atoms with E-state index in [-0.39, 0.29) is 5.91 Å². The molecule has 0 aliphatic rings. The van der Waals surface area contributed by atoms with E-state index in [0.717, 1.165) is 29.9 Å². The van der Waals surface area contributed by atoms with Crippen molar-refractivity contribution in [2.45, 2.75) is 45.4 Å². The Kier molecular flexibility index (Phi) is 10.2. The number of H-pyrrole nitrogens is 1. The number of nitrogens with one attached hydrogen (secondary N) is 2. The Morgan fingerprint density at radius 2 is 1.71 bits per heavy atom. The molecule has 2 aromatic carbocycles. The lowest BCUT2D eigenvalue weighted by molar-refractivity contribution is 0.0950. The Morgan fingerprint density at radius 1 is 0.971 bits per heavy atom. The normalized spacial score (nSPS) is 10.9. The Bertz CT molecular complexity index is 1090. The summed E-state index contributed by atoms with van der Waals surface area (Å²) >= 11 is 0. The number of nitrogens with zero attached hydrogens (tertiary/aromatic N) is 2. The summed E-state index contributed by atoms with van der Waals surface area (Å²) in [5.41, 5.74) is 5.13. The van der Waals surface area contributed by atoms with Gasteiger partial charge in [0.05, 0.1) is 32.7 Å². The molecule has 0 atom stereocenters. The number of unbranched alkanes of at least 4 members (excludes halogenated alkanes) is 5. The molecule has 0 bridgehead atoms. The number of benzene rings is 2. The molecule has 0 unspecified atom stereocenters. The number of carbonyl (C=O) groups excluding carboxylic acids is 1. The monoisotopic (exact) mass is 478 g/mol. The Morgan fingerprint density at radius 3 is 2.46 bits per heavy atom. The van der Waals surface area contributed by atoms with E-state index in [1.165, 1.54) is 38.3 Å². The Balaban J connectivity index is 1.48. The van der Waals surface area contributed by atoms with Crippen molar-refractivity contribution in [1.29, 1.82) is 0 Å². The largest absolute Gasteiger partial charge is 0.494 e. The molecular weight excluding hydrogens is 444 g/mol. The molecule has 0 saturated heterocycles. The molecule has 8 heteroatoms. The first-order chi connectivity index (χ1) is 17.1. The summed E-state index contributed by atoms with van der Waals surface area (Å²) in [5, 5.41) is 11.0. The van der Waals surface area contributed by atoms with E-state index in [1.54, 1.807) is 32.4 Å². The van der Waals surface area contributed by atoms with Gasteiger partial charge in [-0.1, -0.05) is 39.0 Å². The summed E-state index contributed by atoms with van der Waals surface area (Å²) < 4.78 is 16.3. The van der Waals surface area contributed by atoms with Gasteiger partial charge in [-0.3, -0.25) is 9.89 Å². The maximum Gasteiger partial charge on any atom is 0.289 e. The van der Waals surface area contributed by atoms with Crippen molar-refractivity contribution in [2.75, 3.05) is 20.8 Å². The van der Waals surface area contributed by atoms with Gasteiger partial charge in [0.15, 0.2) is 11.5 Å². The molecule has 0 aliphatic heterocycles. The Labute approximate surface area is 206 Å². The molecule has 0 radical (unpaired) electrons. The summed E-state index contributed by atoms with van der Waals surface area (Å²) in [6.45, 7) is 2.95. The molecule has 186 valence electrons. The number of amides is 1. The zero-order valence-corrected chi connectivity index (χ0v) is 20.7. The number of aromatic nitrogens is 2. The third-order valence-electron chi connectivity index (χ3n) is 5.53.